The fourth-order valence-corrected chi connectivity index (χ4v) is 2.82. The van der Waals surface area contributed by atoms with Gasteiger partial charge in [-0.25, -0.2) is 4.39 Å². The van der Waals surface area contributed by atoms with Crippen molar-refractivity contribution in [2.75, 3.05) is 5.32 Å². The lowest BCUT2D eigenvalue weighted by Crippen LogP contribution is -2.17. The van der Waals surface area contributed by atoms with Gasteiger partial charge in [0.25, 0.3) is 5.91 Å². The summed E-state index contributed by atoms with van der Waals surface area (Å²) in [5.74, 6) is 0.0290. The highest BCUT2D eigenvalue weighted by molar-refractivity contribution is 5.97. The SMILES string of the molecule is O=C(c1ccccc1)n1nc(-c2cccnc2)cc1NCc1ccc(F)cc1. The van der Waals surface area contributed by atoms with Gasteiger partial charge < -0.3 is 5.32 Å². The Morgan fingerprint density at radius 3 is 2.50 bits per heavy atom. The number of benzene rings is 2. The number of hydrogen-bond donors (Lipinski definition) is 1. The smallest absolute Gasteiger partial charge is 0.280 e. The van der Waals surface area contributed by atoms with Crippen molar-refractivity contribution in [3.05, 3.63) is 102 Å². The van der Waals surface area contributed by atoms with E-state index in [4.69, 9.17) is 0 Å². The fourth-order valence-electron chi connectivity index (χ4n) is 2.82. The van der Waals surface area contributed by atoms with Crippen molar-refractivity contribution in [1.82, 2.24) is 14.8 Å². The van der Waals surface area contributed by atoms with Crippen LogP contribution in [-0.4, -0.2) is 20.7 Å². The Hall–Kier alpha value is -3.80. The van der Waals surface area contributed by atoms with E-state index in [1.54, 1.807) is 42.7 Å². The van der Waals surface area contributed by atoms with Crippen LogP contribution >= 0.6 is 0 Å². The highest BCUT2D eigenvalue weighted by Gasteiger charge is 2.17. The van der Waals surface area contributed by atoms with Gasteiger partial charge in [-0.1, -0.05) is 30.3 Å². The molecule has 0 atom stereocenters. The van der Waals surface area contributed by atoms with E-state index >= 15 is 0 Å². The second-order valence-electron chi connectivity index (χ2n) is 6.22. The van der Waals surface area contributed by atoms with Crippen LogP contribution in [0.25, 0.3) is 11.3 Å². The summed E-state index contributed by atoms with van der Waals surface area (Å²) in [5, 5.41) is 7.71. The standard InChI is InChI=1S/C22H17FN4O/c23-19-10-8-16(9-11-19)14-25-21-13-20(18-7-4-12-24-15-18)26-27(21)22(28)17-5-2-1-3-6-17/h1-13,15,25H,14H2. The van der Waals surface area contributed by atoms with Crippen molar-refractivity contribution < 1.29 is 9.18 Å². The number of nitrogens with zero attached hydrogens (tertiary/aromatic N) is 3. The second-order valence-corrected chi connectivity index (χ2v) is 6.22. The Balaban J connectivity index is 1.67. The van der Waals surface area contributed by atoms with E-state index in [2.05, 4.69) is 15.4 Å². The number of pyridine rings is 1. The number of nitrogens with one attached hydrogen (secondary N) is 1. The fraction of sp³-hybridized carbons (Fsp3) is 0.0455. The van der Waals surface area contributed by atoms with Gasteiger partial charge in [-0.3, -0.25) is 9.78 Å². The van der Waals surface area contributed by atoms with Crippen LogP contribution in [0.4, 0.5) is 10.2 Å². The Kier molecular flexibility index (Phi) is 4.93. The monoisotopic (exact) mass is 372 g/mol. The van der Waals surface area contributed by atoms with Gasteiger partial charge in [0.05, 0.1) is 5.69 Å². The van der Waals surface area contributed by atoms with E-state index in [1.165, 1.54) is 16.8 Å². The predicted molar refractivity (Wildman–Crippen MR) is 105 cm³/mol. The lowest BCUT2D eigenvalue weighted by atomic mass is 10.2. The van der Waals surface area contributed by atoms with Crippen LogP contribution in [-0.2, 0) is 6.54 Å². The molecule has 0 unspecified atom stereocenters. The van der Waals surface area contributed by atoms with Gasteiger partial charge in [-0.2, -0.15) is 9.78 Å². The van der Waals surface area contributed by atoms with Crippen molar-refractivity contribution in [2.24, 2.45) is 0 Å². The Bertz CT molecular complexity index is 1080. The first-order chi connectivity index (χ1) is 13.7. The van der Waals surface area contributed by atoms with Crippen LogP contribution in [0, 0.1) is 5.82 Å². The quantitative estimate of drug-likeness (QED) is 0.565. The molecule has 0 aliphatic heterocycles. The molecular formula is C22H17FN4O. The number of aromatic nitrogens is 3. The average molecular weight is 372 g/mol. The molecular weight excluding hydrogens is 355 g/mol. The zero-order valence-corrected chi connectivity index (χ0v) is 14.9. The van der Waals surface area contributed by atoms with Gasteiger partial charge in [-0.15, -0.1) is 0 Å². The molecule has 0 aliphatic rings. The molecule has 0 amide bonds. The van der Waals surface area contributed by atoms with Crippen molar-refractivity contribution in [1.29, 1.82) is 0 Å². The Morgan fingerprint density at radius 1 is 1.00 bits per heavy atom. The van der Waals surface area contributed by atoms with Crippen LogP contribution in [0.3, 0.4) is 0 Å². The third kappa shape index (κ3) is 3.81. The maximum Gasteiger partial charge on any atom is 0.280 e. The van der Waals surface area contributed by atoms with Crippen molar-refractivity contribution in [3.63, 3.8) is 0 Å². The first-order valence-electron chi connectivity index (χ1n) is 8.79. The van der Waals surface area contributed by atoms with Crippen molar-refractivity contribution in [2.45, 2.75) is 6.54 Å². The molecule has 0 bridgehead atoms. The lowest BCUT2D eigenvalue weighted by molar-refractivity contribution is 0.0948. The molecule has 2 aromatic heterocycles. The maximum absolute atomic E-state index is 13.1. The zero-order valence-electron chi connectivity index (χ0n) is 14.9. The lowest BCUT2D eigenvalue weighted by Gasteiger charge is -2.09. The molecule has 28 heavy (non-hydrogen) atoms. The zero-order chi connectivity index (χ0) is 19.3. The van der Waals surface area contributed by atoms with Crippen LogP contribution in [0.15, 0.2) is 85.2 Å². The molecule has 0 saturated carbocycles. The van der Waals surface area contributed by atoms with Crippen LogP contribution in [0.2, 0.25) is 0 Å². The molecule has 2 heterocycles. The second kappa shape index (κ2) is 7.84. The van der Waals surface area contributed by atoms with E-state index < -0.39 is 0 Å². The largest absolute Gasteiger partial charge is 0.366 e. The van der Waals surface area contributed by atoms with Gasteiger partial charge in [0.2, 0.25) is 0 Å². The minimum absolute atomic E-state index is 0.239. The van der Waals surface area contributed by atoms with Gasteiger partial charge in [0.1, 0.15) is 11.6 Å². The number of anilines is 1. The summed E-state index contributed by atoms with van der Waals surface area (Å²) in [6, 6.07) is 20.7. The third-order valence-electron chi connectivity index (χ3n) is 4.27. The van der Waals surface area contributed by atoms with E-state index in [-0.39, 0.29) is 11.7 Å². The van der Waals surface area contributed by atoms with Crippen molar-refractivity contribution in [3.8, 4) is 11.3 Å². The molecule has 0 aliphatic carbocycles. The molecule has 0 spiro atoms. The normalized spacial score (nSPS) is 10.6. The number of rotatable bonds is 5. The average Bonchev–Trinajstić information content (AvgIpc) is 3.18. The Labute approximate surface area is 161 Å². The molecule has 6 heteroatoms. The topological polar surface area (TPSA) is 59.8 Å². The van der Waals surface area contributed by atoms with E-state index in [0.717, 1.165) is 11.1 Å². The summed E-state index contributed by atoms with van der Waals surface area (Å²) in [7, 11) is 0. The highest BCUT2D eigenvalue weighted by Crippen LogP contribution is 2.22. The minimum Gasteiger partial charge on any atom is -0.366 e. The summed E-state index contributed by atoms with van der Waals surface area (Å²) in [6.45, 7) is 0.431. The molecule has 0 fully saturated rings. The summed E-state index contributed by atoms with van der Waals surface area (Å²) in [6.07, 6.45) is 3.38. The van der Waals surface area contributed by atoms with Gasteiger partial charge in [0, 0.05) is 36.1 Å². The van der Waals surface area contributed by atoms with Crippen LogP contribution in [0.5, 0.6) is 0 Å². The van der Waals surface area contributed by atoms with E-state index in [0.29, 0.717) is 23.6 Å². The third-order valence-corrected chi connectivity index (χ3v) is 4.27. The molecule has 0 saturated heterocycles. The Morgan fingerprint density at radius 2 is 1.79 bits per heavy atom. The summed E-state index contributed by atoms with van der Waals surface area (Å²) < 4.78 is 14.5. The molecule has 2 aromatic carbocycles. The van der Waals surface area contributed by atoms with Crippen molar-refractivity contribution >= 4 is 11.7 Å². The summed E-state index contributed by atoms with van der Waals surface area (Å²) in [5.41, 5.74) is 2.88. The van der Waals surface area contributed by atoms with Crippen LogP contribution < -0.4 is 5.32 Å². The number of carbonyl (C=O) groups excluding carboxylic acids is 1. The minimum atomic E-state index is -0.285. The van der Waals surface area contributed by atoms with Gasteiger partial charge in [0.15, 0.2) is 0 Å². The summed E-state index contributed by atoms with van der Waals surface area (Å²) >= 11 is 0. The molecule has 4 aromatic rings. The van der Waals surface area contributed by atoms with E-state index in [9.17, 15) is 9.18 Å². The number of carbonyl (C=O) groups is 1. The molecule has 1 N–H and O–H groups in total. The number of hydrogen-bond acceptors (Lipinski definition) is 4. The maximum atomic E-state index is 13.1. The summed E-state index contributed by atoms with van der Waals surface area (Å²) in [4.78, 5) is 17.1. The predicted octanol–water partition coefficient (Wildman–Crippen LogP) is 4.38. The van der Waals surface area contributed by atoms with Gasteiger partial charge >= 0.3 is 0 Å². The molecule has 0 radical (unpaired) electrons. The van der Waals surface area contributed by atoms with Crippen LogP contribution in [0.1, 0.15) is 15.9 Å². The number of halogens is 1. The first kappa shape index (κ1) is 17.6. The molecule has 5 nitrogen and oxygen atoms in total. The molecule has 4 rings (SSSR count). The van der Waals surface area contributed by atoms with Gasteiger partial charge in [-0.05, 0) is 42.0 Å². The van der Waals surface area contributed by atoms with E-state index in [1.807, 2.05) is 30.3 Å². The molecule has 138 valence electrons. The first-order valence-corrected chi connectivity index (χ1v) is 8.79. The highest BCUT2D eigenvalue weighted by atomic mass is 19.1.